The molecule has 1 aliphatic rings. The third-order valence-corrected chi connectivity index (χ3v) is 8.47. The number of benzene rings is 3. The Morgan fingerprint density at radius 2 is 1.68 bits per heavy atom. The van der Waals surface area contributed by atoms with E-state index in [9.17, 15) is 18.0 Å². The number of carbonyl (C=O) groups is 2. The molecule has 1 unspecified atom stereocenters. The van der Waals surface area contributed by atoms with Gasteiger partial charge in [-0.3, -0.25) is 13.9 Å². The van der Waals surface area contributed by atoms with Crippen molar-refractivity contribution in [2.45, 2.75) is 63.6 Å². The van der Waals surface area contributed by atoms with Gasteiger partial charge in [0.25, 0.3) is 10.0 Å². The molecule has 0 bridgehead atoms. The van der Waals surface area contributed by atoms with E-state index in [0.717, 1.165) is 16.3 Å². The first-order valence-electron chi connectivity index (χ1n) is 12.7. The van der Waals surface area contributed by atoms with Crippen molar-refractivity contribution in [2.24, 2.45) is 0 Å². The molecular formula is C29H35N3O5S. The molecule has 1 N–H and O–H groups in total. The Balaban J connectivity index is 1.50. The standard InChI is InChI=1S/C29H35N3O5S/c1-20(28(34)30-29(2,3)4)31(19-21-14-16-23(37-5)17-15-21)26(33)13-8-18-32-24-11-6-9-22-10-7-12-25(27(22)24)38(32,35)36/h6-7,9-12,14-17,20H,8,13,18-19H2,1-5H3,(H,30,34). The predicted molar refractivity (Wildman–Crippen MR) is 149 cm³/mol. The maximum atomic E-state index is 13.5. The van der Waals surface area contributed by atoms with Crippen LogP contribution in [-0.4, -0.2) is 50.4 Å². The second-order valence-corrected chi connectivity index (χ2v) is 12.4. The molecule has 0 radical (unpaired) electrons. The number of anilines is 1. The van der Waals surface area contributed by atoms with Crippen LogP contribution in [0.3, 0.4) is 0 Å². The predicted octanol–water partition coefficient (Wildman–Crippen LogP) is 4.47. The van der Waals surface area contributed by atoms with Crippen LogP contribution in [0, 0.1) is 0 Å². The molecular weight excluding hydrogens is 502 g/mol. The molecule has 2 amide bonds. The van der Waals surface area contributed by atoms with Gasteiger partial charge in [0, 0.05) is 30.4 Å². The van der Waals surface area contributed by atoms with Gasteiger partial charge >= 0.3 is 0 Å². The third kappa shape index (κ3) is 5.62. The SMILES string of the molecule is COc1ccc(CN(C(=O)CCCN2c3cccc4cccc(c34)S2(=O)=O)C(C)C(=O)NC(C)(C)C)cc1. The van der Waals surface area contributed by atoms with Crippen LogP contribution >= 0.6 is 0 Å². The van der Waals surface area contributed by atoms with Crippen LogP contribution in [0.4, 0.5) is 5.69 Å². The van der Waals surface area contributed by atoms with Gasteiger partial charge in [-0.1, -0.05) is 36.4 Å². The lowest BCUT2D eigenvalue weighted by atomic mass is 10.1. The van der Waals surface area contributed by atoms with Crippen molar-refractivity contribution in [3.8, 4) is 5.75 Å². The molecule has 0 spiro atoms. The number of ether oxygens (including phenoxy) is 1. The normalized spacial score (nSPS) is 14.8. The highest BCUT2D eigenvalue weighted by atomic mass is 32.2. The van der Waals surface area contributed by atoms with Crippen molar-refractivity contribution in [1.29, 1.82) is 0 Å². The number of carbonyl (C=O) groups excluding carboxylic acids is 2. The topological polar surface area (TPSA) is 96.0 Å². The number of hydrogen-bond acceptors (Lipinski definition) is 5. The molecule has 1 aliphatic heterocycles. The molecule has 202 valence electrons. The van der Waals surface area contributed by atoms with Crippen LogP contribution in [0.15, 0.2) is 65.6 Å². The fraction of sp³-hybridized carbons (Fsp3) is 0.379. The van der Waals surface area contributed by atoms with Crippen molar-refractivity contribution in [2.75, 3.05) is 18.0 Å². The van der Waals surface area contributed by atoms with Crippen LogP contribution in [0.5, 0.6) is 5.75 Å². The highest BCUT2D eigenvalue weighted by molar-refractivity contribution is 7.93. The van der Waals surface area contributed by atoms with Crippen molar-refractivity contribution in [1.82, 2.24) is 10.2 Å². The Bertz CT molecular complexity index is 1440. The minimum absolute atomic E-state index is 0.0988. The summed E-state index contributed by atoms with van der Waals surface area (Å²) in [7, 11) is -2.10. The first kappa shape index (κ1) is 27.4. The third-order valence-electron chi connectivity index (χ3n) is 6.61. The summed E-state index contributed by atoms with van der Waals surface area (Å²) in [4.78, 5) is 28.3. The molecule has 0 saturated heterocycles. The Labute approximate surface area is 224 Å². The smallest absolute Gasteiger partial charge is 0.265 e. The van der Waals surface area contributed by atoms with Gasteiger partial charge in [0.15, 0.2) is 0 Å². The molecule has 0 saturated carbocycles. The number of rotatable bonds is 9. The molecule has 1 heterocycles. The average molecular weight is 538 g/mol. The van der Waals surface area contributed by atoms with Gasteiger partial charge in [0.1, 0.15) is 11.8 Å². The summed E-state index contributed by atoms with van der Waals surface area (Å²) in [5, 5.41) is 4.54. The van der Waals surface area contributed by atoms with Crippen LogP contribution in [-0.2, 0) is 26.2 Å². The molecule has 0 fully saturated rings. The maximum Gasteiger partial charge on any atom is 0.265 e. The number of hydrogen-bond donors (Lipinski definition) is 1. The quantitative estimate of drug-likeness (QED) is 0.435. The van der Waals surface area contributed by atoms with Crippen molar-refractivity contribution in [3.05, 3.63) is 66.2 Å². The van der Waals surface area contributed by atoms with E-state index in [1.54, 1.807) is 37.1 Å². The largest absolute Gasteiger partial charge is 0.497 e. The molecule has 8 nitrogen and oxygen atoms in total. The summed E-state index contributed by atoms with van der Waals surface area (Å²) < 4.78 is 33.1. The number of methoxy groups -OCH3 is 1. The molecule has 4 rings (SSSR count). The van der Waals surface area contributed by atoms with E-state index in [-0.39, 0.29) is 31.3 Å². The fourth-order valence-electron chi connectivity index (χ4n) is 4.70. The van der Waals surface area contributed by atoms with Gasteiger partial charge in [-0.25, -0.2) is 8.42 Å². The number of nitrogens with one attached hydrogen (secondary N) is 1. The number of nitrogens with zero attached hydrogens (tertiary/aromatic N) is 2. The van der Waals surface area contributed by atoms with Crippen LogP contribution in [0.1, 0.15) is 46.1 Å². The lowest BCUT2D eigenvalue weighted by Crippen LogP contribution is -2.52. The summed E-state index contributed by atoms with van der Waals surface area (Å²) in [6, 6.07) is 17.4. The molecule has 9 heteroatoms. The second kappa shape index (κ2) is 10.6. The van der Waals surface area contributed by atoms with Crippen molar-refractivity contribution in [3.63, 3.8) is 0 Å². The zero-order valence-electron chi connectivity index (χ0n) is 22.5. The number of amides is 2. The number of sulfonamides is 1. The van der Waals surface area contributed by atoms with E-state index >= 15 is 0 Å². The highest BCUT2D eigenvalue weighted by Gasteiger charge is 2.35. The maximum absolute atomic E-state index is 13.5. The van der Waals surface area contributed by atoms with Gasteiger partial charge in [0.05, 0.1) is 17.7 Å². The Morgan fingerprint density at radius 3 is 2.32 bits per heavy atom. The summed E-state index contributed by atoms with van der Waals surface area (Å²) >= 11 is 0. The van der Waals surface area contributed by atoms with E-state index in [2.05, 4.69) is 5.32 Å². The van der Waals surface area contributed by atoms with Crippen LogP contribution in [0.25, 0.3) is 10.8 Å². The van der Waals surface area contributed by atoms with Crippen molar-refractivity contribution >= 4 is 38.3 Å². The van der Waals surface area contributed by atoms with E-state index in [1.807, 2.05) is 63.2 Å². The molecule has 3 aromatic carbocycles. The van der Waals surface area contributed by atoms with Crippen LogP contribution in [0.2, 0.25) is 0 Å². The summed E-state index contributed by atoms with van der Waals surface area (Å²) in [6.45, 7) is 7.80. The highest BCUT2D eigenvalue weighted by Crippen LogP contribution is 2.42. The molecule has 3 aromatic rings. The van der Waals surface area contributed by atoms with Gasteiger partial charge in [0.2, 0.25) is 11.8 Å². The fourth-order valence-corrected chi connectivity index (χ4v) is 6.45. The van der Waals surface area contributed by atoms with Gasteiger partial charge in [-0.2, -0.15) is 0 Å². The molecule has 38 heavy (non-hydrogen) atoms. The Hall–Kier alpha value is -3.59. The van der Waals surface area contributed by atoms with E-state index in [4.69, 9.17) is 4.74 Å². The average Bonchev–Trinajstić information content (AvgIpc) is 3.09. The molecule has 1 atom stereocenters. The van der Waals surface area contributed by atoms with Crippen molar-refractivity contribution < 1.29 is 22.7 Å². The second-order valence-electron chi connectivity index (χ2n) is 10.6. The Morgan fingerprint density at radius 1 is 1.03 bits per heavy atom. The van der Waals surface area contributed by atoms with Gasteiger partial charge < -0.3 is 15.0 Å². The Kier molecular flexibility index (Phi) is 7.69. The molecule has 0 aliphatic carbocycles. The van der Waals surface area contributed by atoms with Gasteiger partial charge in [-0.05, 0) is 69.3 Å². The summed E-state index contributed by atoms with van der Waals surface area (Å²) in [5.74, 6) is 0.237. The van der Waals surface area contributed by atoms with Crippen LogP contribution < -0.4 is 14.4 Å². The summed E-state index contributed by atoms with van der Waals surface area (Å²) in [5.41, 5.74) is 1.05. The monoisotopic (exact) mass is 537 g/mol. The zero-order valence-corrected chi connectivity index (χ0v) is 23.3. The van der Waals surface area contributed by atoms with Gasteiger partial charge in [-0.15, -0.1) is 0 Å². The van der Waals surface area contributed by atoms with E-state index in [1.165, 1.54) is 4.31 Å². The first-order valence-corrected chi connectivity index (χ1v) is 14.2. The zero-order chi connectivity index (χ0) is 27.7. The lowest BCUT2D eigenvalue weighted by Gasteiger charge is -2.31. The van der Waals surface area contributed by atoms with E-state index in [0.29, 0.717) is 22.8 Å². The summed E-state index contributed by atoms with van der Waals surface area (Å²) in [6.07, 6.45) is 0.413. The minimum atomic E-state index is -3.69. The lowest BCUT2D eigenvalue weighted by molar-refractivity contribution is -0.141. The minimum Gasteiger partial charge on any atom is -0.497 e. The molecule has 0 aromatic heterocycles. The first-order chi connectivity index (χ1) is 17.9. The van der Waals surface area contributed by atoms with E-state index < -0.39 is 21.6 Å².